The third-order valence-electron chi connectivity index (χ3n) is 4.75. The standard InChI is InChI=1S/C18H28N2O3/c1-5-20(14-10-8-7-9-11-14)17(21)15-12(3)16(19-13(15)4)18(22)23-6-2/h14,19H,5-11H2,1-4H3. The lowest BCUT2D eigenvalue weighted by Crippen LogP contribution is -2.41. The number of H-pyrrole nitrogens is 1. The maximum atomic E-state index is 13.1. The van der Waals surface area contributed by atoms with Gasteiger partial charge in [0.05, 0.1) is 12.2 Å². The molecule has 0 saturated heterocycles. The number of hydrogen-bond acceptors (Lipinski definition) is 3. The van der Waals surface area contributed by atoms with E-state index < -0.39 is 5.97 Å². The van der Waals surface area contributed by atoms with Gasteiger partial charge in [-0.25, -0.2) is 4.79 Å². The lowest BCUT2D eigenvalue weighted by atomic mass is 9.93. The van der Waals surface area contributed by atoms with E-state index in [1.54, 1.807) is 6.92 Å². The van der Waals surface area contributed by atoms with E-state index in [0.717, 1.165) is 18.5 Å². The predicted molar refractivity (Wildman–Crippen MR) is 89.8 cm³/mol. The highest BCUT2D eigenvalue weighted by Crippen LogP contribution is 2.26. The molecular formula is C18H28N2O3. The number of amides is 1. The number of rotatable bonds is 5. The number of aromatic nitrogens is 1. The van der Waals surface area contributed by atoms with Crippen molar-refractivity contribution in [3.05, 3.63) is 22.5 Å². The molecule has 128 valence electrons. The molecule has 1 fully saturated rings. The van der Waals surface area contributed by atoms with Gasteiger partial charge in [0.2, 0.25) is 0 Å². The molecule has 0 atom stereocenters. The Balaban J connectivity index is 2.28. The molecular weight excluding hydrogens is 292 g/mol. The summed E-state index contributed by atoms with van der Waals surface area (Å²) in [5, 5.41) is 0. The first kappa shape index (κ1) is 17.6. The summed E-state index contributed by atoms with van der Waals surface area (Å²) in [6, 6.07) is 0.320. The van der Waals surface area contributed by atoms with Crippen LogP contribution in [0.1, 0.15) is 78.1 Å². The second kappa shape index (κ2) is 7.66. The summed E-state index contributed by atoms with van der Waals surface area (Å²) in [5.74, 6) is -0.367. The van der Waals surface area contributed by atoms with E-state index in [-0.39, 0.29) is 5.91 Å². The summed E-state index contributed by atoms with van der Waals surface area (Å²) in [5.41, 5.74) is 2.46. The third-order valence-corrected chi connectivity index (χ3v) is 4.75. The zero-order valence-electron chi connectivity index (χ0n) is 14.7. The number of esters is 1. The summed E-state index contributed by atoms with van der Waals surface area (Å²) in [6.45, 7) is 8.48. The van der Waals surface area contributed by atoms with Crippen LogP contribution in [0.5, 0.6) is 0 Å². The van der Waals surface area contributed by atoms with Crippen LogP contribution in [0.3, 0.4) is 0 Å². The van der Waals surface area contributed by atoms with Crippen LogP contribution in [0.25, 0.3) is 0 Å². The summed E-state index contributed by atoms with van der Waals surface area (Å²) in [6.07, 6.45) is 5.79. The summed E-state index contributed by atoms with van der Waals surface area (Å²) in [4.78, 5) is 30.1. The third kappa shape index (κ3) is 3.59. The van der Waals surface area contributed by atoms with Crippen molar-refractivity contribution < 1.29 is 14.3 Å². The monoisotopic (exact) mass is 320 g/mol. The van der Waals surface area contributed by atoms with Crippen molar-refractivity contribution in [1.29, 1.82) is 0 Å². The molecule has 0 bridgehead atoms. The number of carbonyl (C=O) groups excluding carboxylic acids is 2. The fraction of sp³-hybridized carbons (Fsp3) is 0.667. The van der Waals surface area contributed by atoms with Gasteiger partial charge in [-0.1, -0.05) is 19.3 Å². The first-order valence-electron chi connectivity index (χ1n) is 8.68. The van der Waals surface area contributed by atoms with E-state index in [0.29, 0.717) is 36.0 Å². The molecule has 1 aromatic heterocycles. The lowest BCUT2D eigenvalue weighted by Gasteiger charge is -2.33. The molecule has 1 aromatic rings. The highest BCUT2D eigenvalue weighted by molar-refractivity contribution is 6.01. The van der Waals surface area contributed by atoms with Gasteiger partial charge in [-0.15, -0.1) is 0 Å². The maximum Gasteiger partial charge on any atom is 0.355 e. The van der Waals surface area contributed by atoms with E-state index in [2.05, 4.69) is 4.98 Å². The first-order valence-corrected chi connectivity index (χ1v) is 8.68. The highest BCUT2D eigenvalue weighted by atomic mass is 16.5. The van der Waals surface area contributed by atoms with Gasteiger partial charge in [-0.3, -0.25) is 4.79 Å². The quantitative estimate of drug-likeness (QED) is 0.843. The van der Waals surface area contributed by atoms with Crippen molar-refractivity contribution in [2.45, 2.75) is 65.8 Å². The summed E-state index contributed by atoms with van der Waals surface area (Å²) in [7, 11) is 0. The topological polar surface area (TPSA) is 62.4 Å². The van der Waals surface area contributed by atoms with E-state index >= 15 is 0 Å². The van der Waals surface area contributed by atoms with Crippen LogP contribution >= 0.6 is 0 Å². The molecule has 23 heavy (non-hydrogen) atoms. The second-order valence-corrected chi connectivity index (χ2v) is 6.23. The summed E-state index contributed by atoms with van der Waals surface area (Å²) >= 11 is 0. The van der Waals surface area contributed by atoms with Crippen molar-refractivity contribution in [3.63, 3.8) is 0 Å². The van der Waals surface area contributed by atoms with Crippen LogP contribution in [-0.2, 0) is 4.74 Å². The SMILES string of the molecule is CCOC(=O)c1[nH]c(C)c(C(=O)N(CC)C2CCCCC2)c1C. The van der Waals surface area contributed by atoms with Gasteiger partial charge < -0.3 is 14.6 Å². The van der Waals surface area contributed by atoms with Crippen LogP contribution in [0.15, 0.2) is 0 Å². The van der Waals surface area contributed by atoms with Gasteiger partial charge in [-0.2, -0.15) is 0 Å². The molecule has 0 unspecified atom stereocenters. The number of hydrogen-bond donors (Lipinski definition) is 1. The molecule has 1 N–H and O–H groups in total. The maximum absolute atomic E-state index is 13.1. The highest BCUT2D eigenvalue weighted by Gasteiger charge is 2.29. The molecule has 1 heterocycles. The minimum atomic E-state index is -0.395. The molecule has 1 amide bonds. The normalized spacial score (nSPS) is 15.5. The van der Waals surface area contributed by atoms with Gasteiger partial charge in [-0.05, 0) is 46.1 Å². The van der Waals surface area contributed by atoms with E-state index in [1.165, 1.54) is 19.3 Å². The van der Waals surface area contributed by atoms with E-state index in [1.807, 2.05) is 25.7 Å². The van der Waals surface area contributed by atoms with Gasteiger partial charge in [0.1, 0.15) is 5.69 Å². The Bertz CT molecular complexity index is 571. The fourth-order valence-corrected chi connectivity index (χ4v) is 3.58. The lowest BCUT2D eigenvalue weighted by molar-refractivity contribution is 0.0519. The Morgan fingerprint density at radius 3 is 2.39 bits per heavy atom. The Morgan fingerprint density at radius 1 is 1.17 bits per heavy atom. The predicted octanol–water partition coefficient (Wildman–Crippen LogP) is 3.60. The van der Waals surface area contributed by atoms with Crippen molar-refractivity contribution in [2.24, 2.45) is 0 Å². The van der Waals surface area contributed by atoms with Crippen LogP contribution in [0.4, 0.5) is 0 Å². The number of carbonyl (C=O) groups is 2. The number of nitrogens with one attached hydrogen (secondary N) is 1. The largest absolute Gasteiger partial charge is 0.461 e. The Hall–Kier alpha value is -1.78. The molecule has 0 aliphatic heterocycles. The molecule has 1 saturated carbocycles. The van der Waals surface area contributed by atoms with Crippen molar-refractivity contribution >= 4 is 11.9 Å². The van der Waals surface area contributed by atoms with Gasteiger partial charge in [0, 0.05) is 18.3 Å². The first-order chi connectivity index (χ1) is 11.0. The zero-order valence-corrected chi connectivity index (χ0v) is 14.7. The molecule has 1 aliphatic rings. The van der Waals surface area contributed by atoms with Crippen molar-refractivity contribution in [3.8, 4) is 0 Å². The second-order valence-electron chi connectivity index (χ2n) is 6.23. The van der Waals surface area contributed by atoms with Crippen molar-refractivity contribution in [1.82, 2.24) is 9.88 Å². The fourth-order valence-electron chi connectivity index (χ4n) is 3.58. The minimum Gasteiger partial charge on any atom is -0.461 e. The van der Waals surface area contributed by atoms with E-state index in [4.69, 9.17) is 4.74 Å². The number of nitrogens with zero attached hydrogens (tertiary/aromatic N) is 1. The van der Waals surface area contributed by atoms with E-state index in [9.17, 15) is 9.59 Å². The van der Waals surface area contributed by atoms with Gasteiger partial charge >= 0.3 is 5.97 Å². The molecule has 0 radical (unpaired) electrons. The number of aromatic amines is 1. The molecule has 2 rings (SSSR count). The smallest absolute Gasteiger partial charge is 0.355 e. The number of ether oxygens (including phenoxy) is 1. The minimum absolute atomic E-state index is 0.0289. The average Bonchev–Trinajstić information content (AvgIpc) is 2.84. The Morgan fingerprint density at radius 2 is 1.83 bits per heavy atom. The molecule has 1 aliphatic carbocycles. The van der Waals surface area contributed by atoms with Gasteiger partial charge in [0.15, 0.2) is 0 Å². The molecule has 0 spiro atoms. The van der Waals surface area contributed by atoms with Gasteiger partial charge in [0.25, 0.3) is 5.91 Å². The summed E-state index contributed by atoms with van der Waals surface area (Å²) < 4.78 is 5.06. The zero-order chi connectivity index (χ0) is 17.0. The van der Waals surface area contributed by atoms with Crippen LogP contribution in [0.2, 0.25) is 0 Å². The molecule has 5 nitrogen and oxygen atoms in total. The van der Waals surface area contributed by atoms with Crippen LogP contribution < -0.4 is 0 Å². The average molecular weight is 320 g/mol. The molecule has 5 heteroatoms. The van der Waals surface area contributed by atoms with Crippen LogP contribution in [0, 0.1) is 13.8 Å². The van der Waals surface area contributed by atoms with Crippen LogP contribution in [-0.4, -0.2) is 41.0 Å². The Labute approximate surface area is 138 Å². The van der Waals surface area contributed by atoms with Crippen molar-refractivity contribution in [2.75, 3.05) is 13.2 Å². The Kier molecular flexibility index (Phi) is 5.85. The number of aryl methyl sites for hydroxylation is 1. The molecule has 0 aromatic carbocycles.